The molecule has 1 fully saturated rings. The Hall–Kier alpha value is -3.61. The minimum absolute atomic E-state index is 0.145. The fourth-order valence-electron chi connectivity index (χ4n) is 8.87. The third kappa shape index (κ3) is 11.8. The molecule has 57 heavy (non-hydrogen) atoms. The molecule has 5 rings (SSSR count). The number of hydrogen-bond acceptors (Lipinski definition) is 9. The van der Waals surface area contributed by atoms with Crippen LogP contribution in [0.15, 0.2) is 72.8 Å². The molecule has 0 bridgehead atoms. The molecule has 0 spiro atoms. The van der Waals surface area contributed by atoms with Gasteiger partial charge in [-0.25, -0.2) is 4.79 Å². The van der Waals surface area contributed by atoms with Crippen LogP contribution < -0.4 is 14.4 Å². The molecule has 3 aromatic carbocycles. The number of carbonyl (C=O) groups excluding carboxylic acids is 1. The molecule has 0 unspecified atom stereocenters. The van der Waals surface area contributed by atoms with Gasteiger partial charge < -0.3 is 42.6 Å². The van der Waals surface area contributed by atoms with Crippen LogP contribution in [0.5, 0.6) is 11.5 Å². The number of carbonyl (C=O) groups is 1. The monoisotopic (exact) mass is 804 g/mol. The smallest absolute Gasteiger partial charge is 0.410 e. The number of rotatable bonds is 21. The maximum atomic E-state index is 14.0. The van der Waals surface area contributed by atoms with Crippen LogP contribution in [0.4, 0.5) is 10.5 Å². The Morgan fingerprint density at radius 3 is 2.12 bits per heavy atom. The van der Waals surface area contributed by atoms with Crippen molar-refractivity contribution in [2.45, 2.75) is 109 Å². The summed E-state index contributed by atoms with van der Waals surface area (Å²) < 4.78 is 43.4. The number of benzene rings is 3. The first-order valence-electron chi connectivity index (χ1n) is 21.0. The average molecular weight is 805 g/mol. The highest BCUT2D eigenvalue weighted by atomic mass is 28.4. The third-order valence-corrected chi connectivity index (χ3v) is 17.8. The van der Waals surface area contributed by atoms with Crippen molar-refractivity contribution in [3.8, 4) is 11.5 Å². The summed E-state index contributed by atoms with van der Waals surface area (Å²) in [5.74, 6) is 1.57. The van der Waals surface area contributed by atoms with Gasteiger partial charge in [0.1, 0.15) is 24.7 Å². The van der Waals surface area contributed by atoms with Crippen molar-refractivity contribution in [1.82, 2.24) is 4.90 Å². The van der Waals surface area contributed by atoms with Crippen LogP contribution in [-0.2, 0) is 36.6 Å². The van der Waals surface area contributed by atoms with Crippen LogP contribution in [-0.4, -0.2) is 98.3 Å². The van der Waals surface area contributed by atoms with Gasteiger partial charge in [-0.15, -0.1) is 0 Å². The highest BCUT2D eigenvalue weighted by Gasteiger charge is 2.51. The molecule has 11 heteroatoms. The van der Waals surface area contributed by atoms with Gasteiger partial charge in [0, 0.05) is 46.4 Å². The topological polar surface area (TPSA) is 88.2 Å². The zero-order valence-corrected chi connectivity index (χ0v) is 36.7. The fraction of sp³-hybridized carbons (Fsp3) is 0.587. The predicted octanol–water partition coefficient (Wildman–Crippen LogP) is 9.61. The highest BCUT2D eigenvalue weighted by Crippen LogP contribution is 2.46. The van der Waals surface area contributed by atoms with Gasteiger partial charge in [0.15, 0.2) is 0 Å². The van der Waals surface area contributed by atoms with Gasteiger partial charge in [0.2, 0.25) is 8.32 Å². The van der Waals surface area contributed by atoms with Crippen LogP contribution in [0, 0.1) is 0 Å². The summed E-state index contributed by atoms with van der Waals surface area (Å²) >= 11 is 0. The number of nitrogens with zero attached hydrogens (tertiary/aromatic N) is 2. The molecule has 2 aliphatic heterocycles. The molecule has 0 aromatic heterocycles. The Morgan fingerprint density at radius 1 is 0.772 bits per heavy atom. The summed E-state index contributed by atoms with van der Waals surface area (Å²) in [5, 5.41) is 0. The van der Waals surface area contributed by atoms with Gasteiger partial charge in [-0.05, 0) is 76.8 Å². The van der Waals surface area contributed by atoms with E-state index in [-0.39, 0.29) is 30.8 Å². The Bertz CT molecular complexity index is 1620. The van der Waals surface area contributed by atoms with E-state index >= 15 is 0 Å². The summed E-state index contributed by atoms with van der Waals surface area (Å²) in [6, 6.07) is 24.6. The lowest BCUT2D eigenvalue weighted by atomic mass is 9.84. The number of hydrogen-bond donors (Lipinski definition) is 0. The van der Waals surface area contributed by atoms with E-state index in [1.807, 2.05) is 35.2 Å². The maximum Gasteiger partial charge on any atom is 0.410 e. The van der Waals surface area contributed by atoms with Crippen molar-refractivity contribution in [1.29, 1.82) is 0 Å². The van der Waals surface area contributed by atoms with E-state index in [0.29, 0.717) is 56.1 Å². The molecule has 3 aromatic rings. The van der Waals surface area contributed by atoms with Crippen LogP contribution in [0.3, 0.4) is 0 Å². The van der Waals surface area contributed by atoms with Gasteiger partial charge >= 0.3 is 6.09 Å². The second-order valence-electron chi connectivity index (χ2n) is 16.4. The average Bonchev–Trinajstić information content (AvgIpc) is 3.21. The van der Waals surface area contributed by atoms with E-state index in [4.69, 9.17) is 32.8 Å². The predicted molar refractivity (Wildman–Crippen MR) is 229 cm³/mol. The van der Waals surface area contributed by atoms with E-state index in [9.17, 15) is 4.79 Å². The summed E-state index contributed by atoms with van der Waals surface area (Å²) in [4.78, 5) is 18.2. The quantitative estimate of drug-likeness (QED) is 0.0772. The van der Waals surface area contributed by atoms with Gasteiger partial charge in [-0.2, -0.15) is 0 Å². The molecule has 0 aliphatic carbocycles. The number of amides is 1. The molecular formula is C46H68N2O8Si. The lowest BCUT2D eigenvalue weighted by Crippen LogP contribution is -2.59. The van der Waals surface area contributed by atoms with Crippen LogP contribution >= 0.6 is 0 Å². The normalized spacial score (nSPS) is 18.5. The van der Waals surface area contributed by atoms with Crippen molar-refractivity contribution >= 4 is 20.1 Å². The molecule has 0 saturated carbocycles. The summed E-state index contributed by atoms with van der Waals surface area (Å²) in [6.07, 6.45) is 1.75. The summed E-state index contributed by atoms with van der Waals surface area (Å²) in [5.41, 5.74) is 5.25. The number of methoxy groups -OCH3 is 2. The van der Waals surface area contributed by atoms with Crippen LogP contribution in [0.25, 0.3) is 0 Å². The molecule has 2 heterocycles. The summed E-state index contributed by atoms with van der Waals surface area (Å²) in [6.45, 7) is 19.6. The Kier molecular flexibility index (Phi) is 17.1. The number of fused-ring (bicyclic) bond motifs is 1. The van der Waals surface area contributed by atoms with Gasteiger partial charge in [-0.1, -0.05) is 90.1 Å². The van der Waals surface area contributed by atoms with Gasteiger partial charge in [0.25, 0.3) is 0 Å². The van der Waals surface area contributed by atoms with E-state index in [1.165, 1.54) is 0 Å². The van der Waals surface area contributed by atoms with Crippen LogP contribution in [0.1, 0.15) is 83.4 Å². The van der Waals surface area contributed by atoms with E-state index < -0.39 is 8.32 Å². The number of anilines is 1. The zero-order chi connectivity index (χ0) is 40.8. The first-order chi connectivity index (χ1) is 27.6. The van der Waals surface area contributed by atoms with E-state index in [2.05, 4.69) is 88.9 Å². The number of ether oxygens (including phenoxy) is 6. The number of likely N-dealkylation sites (tertiary alicyclic amines) is 1. The second-order valence-corrected chi connectivity index (χ2v) is 21.8. The van der Waals surface area contributed by atoms with Crippen molar-refractivity contribution in [3.05, 3.63) is 89.5 Å². The highest BCUT2D eigenvalue weighted by molar-refractivity contribution is 6.77. The molecule has 0 radical (unpaired) electrons. The SMILES string of the molecule is COCCCCOc1ccc([C@@H]2[C@@H](OCc3ccc4c(c3)N(CCCOC)CCO4)CN(C(=O)OCc3ccccc3)C[C@H]2O[Si](C(C)C)(C(C)C)C(C)C)cc1. The molecule has 0 N–H and O–H groups in total. The first-order valence-corrected chi connectivity index (χ1v) is 23.2. The first kappa shape index (κ1) is 44.5. The maximum absolute atomic E-state index is 14.0. The van der Waals surface area contributed by atoms with Crippen molar-refractivity contribution in [2.75, 3.05) is 71.7 Å². The molecule has 2 aliphatic rings. The lowest BCUT2D eigenvalue weighted by Gasteiger charge is -2.50. The van der Waals surface area contributed by atoms with Gasteiger partial charge in [-0.3, -0.25) is 0 Å². The Labute approximate surface area is 343 Å². The molecule has 10 nitrogen and oxygen atoms in total. The largest absolute Gasteiger partial charge is 0.494 e. The zero-order valence-electron chi connectivity index (χ0n) is 35.7. The van der Waals surface area contributed by atoms with Crippen molar-refractivity contribution in [3.63, 3.8) is 0 Å². The molecular weight excluding hydrogens is 737 g/mol. The number of unbranched alkanes of at least 4 members (excludes halogenated alkanes) is 1. The Morgan fingerprint density at radius 2 is 1.44 bits per heavy atom. The third-order valence-electron chi connectivity index (χ3n) is 11.6. The minimum Gasteiger partial charge on any atom is -0.494 e. The minimum atomic E-state index is -2.42. The molecule has 314 valence electrons. The Balaban J connectivity index is 1.48. The van der Waals surface area contributed by atoms with E-state index in [1.54, 1.807) is 14.2 Å². The molecule has 1 saturated heterocycles. The molecule has 3 atom stereocenters. The second kappa shape index (κ2) is 21.9. The van der Waals surface area contributed by atoms with E-state index in [0.717, 1.165) is 72.8 Å². The van der Waals surface area contributed by atoms with Crippen molar-refractivity contribution < 1.29 is 37.6 Å². The van der Waals surface area contributed by atoms with Gasteiger partial charge in [0.05, 0.1) is 44.2 Å². The van der Waals surface area contributed by atoms with Crippen molar-refractivity contribution in [2.24, 2.45) is 0 Å². The standard InChI is InChI=1S/C46H68N2O8Si/c1-34(2)57(35(3)4,36(5)6)56-44-31-48(46(49)55-32-37-15-10-9-11-16-37)30-43(45(44)39-18-20-40(21-19-39)52-27-13-12-25-50-7)54-33-38-17-22-42-41(29-38)47(24-28-53-42)23-14-26-51-8/h9-11,15-22,29,34-36,43-45H,12-14,23-28,30-33H2,1-8H3/t43-,44+,45+/m0/s1. The molecule has 1 amide bonds. The summed E-state index contributed by atoms with van der Waals surface area (Å²) in [7, 11) is 1.05. The number of piperidine rings is 1. The fourth-order valence-corrected chi connectivity index (χ4v) is 14.4. The van der Waals surface area contributed by atoms with Crippen LogP contribution in [0.2, 0.25) is 16.6 Å². The lowest BCUT2D eigenvalue weighted by molar-refractivity contribution is -0.0663.